The molecule has 0 aliphatic carbocycles. The summed E-state index contributed by atoms with van der Waals surface area (Å²) in [5.74, 6) is -0.756. The number of carbonyl (C=O) groups excluding carboxylic acids is 2. The minimum absolute atomic E-state index is 0.0862. The van der Waals surface area contributed by atoms with Crippen LogP contribution in [0, 0.1) is 20.8 Å². The van der Waals surface area contributed by atoms with Crippen LogP contribution in [0.1, 0.15) is 41.2 Å². The molecule has 0 saturated carbocycles. The standard InChI is InChI=1S/C36H41N3O4S/c1-5-23-37-36(41)34(24-30-9-7-6-8-10-30)38(25-31-17-11-27(2)12-18-31)35(40)26-39(32-19-13-28(3)14-20-32)44(42,43)33-21-15-29(4)16-22-33/h6-22,34H,5,23-26H2,1-4H3,(H,37,41)/t34-/m0/s1. The maximum Gasteiger partial charge on any atom is 0.264 e. The zero-order valence-corrected chi connectivity index (χ0v) is 26.7. The largest absolute Gasteiger partial charge is 0.354 e. The number of carbonyl (C=O) groups is 2. The Kier molecular flexibility index (Phi) is 11.0. The summed E-state index contributed by atoms with van der Waals surface area (Å²) in [7, 11) is -4.12. The van der Waals surface area contributed by atoms with Crippen LogP contribution in [0.25, 0.3) is 0 Å². The van der Waals surface area contributed by atoms with E-state index in [-0.39, 0.29) is 23.8 Å². The molecule has 0 saturated heterocycles. The second-order valence-electron chi connectivity index (χ2n) is 11.2. The summed E-state index contributed by atoms with van der Waals surface area (Å²) in [5.41, 5.74) is 5.07. The van der Waals surface area contributed by atoms with Crippen LogP contribution in [-0.4, -0.2) is 44.3 Å². The Hall–Kier alpha value is -4.43. The number of sulfonamides is 1. The SMILES string of the molecule is CCCNC(=O)[C@H](Cc1ccccc1)N(Cc1ccc(C)cc1)C(=O)CN(c1ccc(C)cc1)S(=O)(=O)c1ccc(C)cc1. The summed E-state index contributed by atoms with van der Waals surface area (Å²) >= 11 is 0. The number of hydrogen-bond acceptors (Lipinski definition) is 4. The van der Waals surface area contributed by atoms with Crippen LogP contribution in [0.3, 0.4) is 0 Å². The van der Waals surface area contributed by atoms with Gasteiger partial charge in [-0.1, -0.05) is 102 Å². The zero-order valence-electron chi connectivity index (χ0n) is 25.9. The van der Waals surface area contributed by atoms with Crippen molar-refractivity contribution in [1.82, 2.24) is 10.2 Å². The molecular weight excluding hydrogens is 570 g/mol. The normalized spacial score (nSPS) is 11.9. The molecule has 0 unspecified atom stereocenters. The number of amides is 2. The van der Waals surface area contributed by atoms with Crippen molar-refractivity contribution in [3.8, 4) is 0 Å². The molecule has 7 nitrogen and oxygen atoms in total. The van der Waals surface area contributed by atoms with Crippen molar-refractivity contribution in [3.05, 3.63) is 131 Å². The van der Waals surface area contributed by atoms with Crippen molar-refractivity contribution in [2.45, 2.75) is 58.0 Å². The van der Waals surface area contributed by atoms with E-state index >= 15 is 0 Å². The summed E-state index contributed by atoms with van der Waals surface area (Å²) in [4.78, 5) is 29.8. The van der Waals surface area contributed by atoms with Crippen LogP contribution >= 0.6 is 0 Å². The lowest BCUT2D eigenvalue weighted by atomic mass is 10.0. The van der Waals surface area contributed by atoms with Crippen molar-refractivity contribution in [3.63, 3.8) is 0 Å². The average Bonchev–Trinajstić information content (AvgIpc) is 3.02. The van der Waals surface area contributed by atoms with Gasteiger partial charge in [0.05, 0.1) is 10.6 Å². The maximum absolute atomic E-state index is 14.4. The number of aryl methyl sites for hydroxylation is 3. The number of benzene rings is 4. The minimum atomic E-state index is -4.12. The predicted molar refractivity (Wildman–Crippen MR) is 176 cm³/mol. The summed E-state index contributed by atoms with van der Waals surface area (Å²) in [6, 6.07) is 30.1. The highest BCUT2D eigenvalue weighted by molar-refractivity contribution is 7.92. The van der Waals surface area contributed by atoms with Crippen molar-refractivity contribution in [1.29, 1.82) is 0 Å². The Morgan fingerprint density at radius 3 is 1.84 bits per heavy atom. The van der Waals surface area contributed by atoms with Crippen molar-refractivity contribution >= 4 is 27.5 Å². The monoisotopic (exact) mass is 611 g/mol. The number of nitrogens with zero attached hydrogens (tertiary/aromatic N) is 2. The van der Waals surface area contributed by atoms with Gasteiger partial charge >= 0.3 is 0 Å². The third-order valence-electron chi connectivity index (χ3n) is 7.50. The fourth-order valence-electron chi connectivity index (χ4n) is 4.89. The topological polar surface area (TPSA) is 86.8 Å². The zero-order chi connectivity index (χ0) is 31.7. The lowest BCUT2D eigenvalue weighted by Crippen LogP contribution is -2.53. The highest BCUT2D eigenvalue weighted by Gasteiger charge is 2.34. The van der Waals surface area contributed by atoms with Gasteiger partial charge in [0.25, 0.3) is 10.0 Å². The molecule has 0 aliphatic heterocycles. The fourth-order valence-corrected chi connectivity index (χ4v) is 6.30. The van der Waals surface area contributed by atoms with E-state index in [1.165, 1.54) is 4.90 Å². The predicted octanol–water partition coefficient (Wildman–Crippen LogP) is 5.97. The van der Waals surface area contributed by atoms with Gasteiger partial charge < -0.3 is 10.2 Å². The van der Waals surface area contributed by atoms with Gasteiger partial charge in [-0.3, -0.25) is 13.9 Å². The molecule has 2 amide bonds. The molecule has 0 spiro atoms. The summed E-state index contributed by atoms with van der Waals surface area (Å²) in [6.45, 7) is 7.89. The second-order valence-corrected chi connectivity index (χ2v) is 13.0. The van der Waals surface area contributed by atoms with Crippen molar-refractivity contribution < 1.29 is 18.0 Å². The third kappa shape index (κ3) is 8.35. The Balaban J connectivity index is 1.78. The molecule has 1 N–H and O–H groups in total. The maximum atomic E-state index is 14.4. The number of nitrogens with one attached hydrogen (secondary N) is 1. The van der Waals surface area contributed by atoms with E-state index < -0.39 is 28.5 Å². The molecule has 1 atom stereocenters. The molecule has 44 heavy (non-hydrogen) atoms. The molecule has 0 aromatic heterocycles. The van der Waals surface area contributed by atoms with E-state index in [4.69, 9.17) is 0 Å². The fraction of sp³-hybridized carbons (Fsp3) is 0.278. The van der Waals surface area contributed by atoms with Crippen LogP contribution in [0.2, 0.25) is 0 Å². The van der Waals surface area contributed by atoms with Crippen LogP contribution in [-0.2, 0) is 32.6 Å². The van der Waals surface area contributed by atoms with Gasteiger partial charge in [0.2, 0.25) is 11.8 Å². The number of hydrogen-bond donors (Lipinski definition) is 1. The minimum Gasteiger partial charge on any atom is -0.354 e. The van der Waals surface area contributed by atoms with Gasteiger partial charge in [0.15, 0.2) is 0 Å². The van der Waals surface area contributed by atoms with Crippen LogP contribution in [0.5, 0.6) is 0 Å². The van der Waals surface area contributed by atoms with Crippen LogP contribution in [0.15, 0.2) is 108 Å². The third-order valence-corrected chi connectivity index (χ3v) is 9.29. The first-order valence-corrected chi connectivity index (χ1v) is 16.3. The van der Waals surface area contributed by atoms with Crippen molar-refractivity contribution in [2.75, 3.05) is 17.4 Å². The average molecular weight is 612 g/mol. The molecule has 4 aromatic rings. The van der Waals surface area contributed by atoms with E-state index in [2.05, 4.69) is 5.32 Å². The van der Waals surface area contributed by atoms with Gasteiger partial charge in [-0.2, -0.15) is 0 Å². The Morgan fingerprint density at radius 1 is 0.727 bits per heavy atom. The number of anilines is 1. The molecule has 4 aromatic carbocycles. The van der Waals surface area contributed by atoms with E-state index in [1.807, 2.05) is 94.4 Å². The molecule has 0 heterocycles. The first kappa shape index (κ1) is 32.5. The molecule has 0 aliphatic rings. The van der Waals surface area contributed by atoms with Gasteiger partial charge in [-0.15, -0.1) is 0 Å². The van der Waals surface area contributed by atoms with Crippen molar-refractivity contribution in [2.24, 2.45) is 0 Å². The molecule has 0 bridgehead atoms. The lowest BCUT2D eigenvalue weighted by Gasteiger charge is -2.34. The molecular formula is C36H41N3O4S. The van der Waals surface area contributed by atoms with Gasteiger partial charge in [0, 0.05) is 19.5 Å². The quantitative estimate of drug-likeness (QED) is 0.202. The summed E-state index contributed by atoms with van der Waals surface area (Å²) in [6.07, 6.45) is 1.02. The highest BCUT2D eigenvalue weighted by Crippen LogP contribution is 2.26. The Bertz CT molecular complexity index is 1640. The number of rotatable bonds is 13. The Morgan fingerprint density at radius 2 is 1.27 bits per heavy atom. The second kappa shape index (κ2) is 14.8. The summed E-state index contributed by atoms with van der Waals surface area (Å²) in [5, 5.41) is 2.97. The molecule has 8 heteroatoms. The first-order chi connectivity index (χ1) is 21.1. The molecule has 0 fully saturated rings. The lowest BCUT2D eigenvalue weighted by molar-refractivity contribution is -0.140. The van der Waals surface area contributed by atoms with E-state index in [0.29, 0.717) is 12.2 Å². The molecule has 4 rings (SSSR count). The van der Waals surface area contributed by atoms with Gasteiger partial charge in [0.1, 0.15) is 12.6 Å². The first-order valence-electron chi connectivity index (χ1n) is 14.9. The molecule has 230 valence electrons. The highest BCUT2D eigenvalue weighted by atomic mass is 32.2. The van der Waals surface area contributed by atoms with Gasteiger partial charge in [-0.05, 0) is 62.6 Å². The Labute approximate surface area is 261 Å². The summed E-state index contributed by atoms with van der Waals surface area (Å²) < 4.78 is 29.3. The van der Waals surface area contributed by atoms with Crippen LogP contribution < -0.4 is 9.62 Å². The van der Waals surface area contributed by atoms with E-state index in [9.17, 15) is 18.0 Å². The van der Waals surface area contributed by atoms with E-state index in [1.54, 1.807) is 36.4 Å². The molecule has 0 radical (unpaired) electrons. The van der Waals surface area contributed by atoms with Gasteiger partial charge in [-0.25, -0.2) is 8.42 Å². The van der Waals surface area contributed by atoms with Crippen LogP contribution in [0.4, 0.5) is 5.69 Å². The smallest absolute Gasteiger partial charge is 0.264 e. The van der Waals surface area contributed by atoms with E-state index in [0.717, 1.165) is 38.5 Å².